The molecular formula is C27H31BrN4. The minimum absolute atomic E-state index is 0.0748. The van der Waals surface area contributed by atoms with Crippen LogP contribution in [0, 0.1) is 0 Å². The van der Waals surface area contributed by atoms with Crippen molar-refractivity contribution in [2.24, 2.45) is 0 Å². The van der Waals surface area contributed by atoms with Crippen molar-refractivity contribution in [1.29, 1.82) is 0 Å². The van der Waals surface area contributed by atoms with Gasteiger partial charge in [0.05, 0.1) is 5.69 Å². The second-order valence-electron chi connectivity index (χ2n) is 9.79. The number of nitrogens with zero attached hydrogens (tertiary/aromatic N) is 3. The highest BCUT2D eigenvalue weighted by molar-refractivity contribution is 9.10. The second-order valence-corrected chi connectivity index (χ2v) is 10.7. The predicted molar refractivity (Wildman–Crippen MR) is 136 cm³/mol. The molecule has 0 bridgehead atoms. The van der Waals surface area contributed by atoms with Gasteiger partial charge in [0.2, 0.25) is 5.95 Å². The van der Waals surface area contributed by atoms with E-state index in [1.165, 1.54) is 54.6 Å². The van der Waals surface area contributed by atoms with Crippen molar-refractivity contribution in [2.45, 2.75) is 51.4 Å². The number of likely N-dealkylation sites (tertiary alicyclic amines) is 1. The second kappa shape index (κ2) is 8.95. The van der Waals surface area contributed by atoms with Gasteiger partial charge in [-0.25, -0.2) is 9.97 Å². The maximum absolute atomic E-state index is 4.93. The molecule has 0 unspecified atom stereocenters. The van der Waals surface area contributed by atoms with Gasteiger partial charge in [-0.3, -0.25) is 0 Å². The van der Waals surface area contributed by atoms with Gasteiger partial charge in [0.15, 0.2) is 0 Å². The normalized spacial score (nSPS) is 17.5. The van der Waals surface area contributed by atoms with Crippen LogP contribution in [0.4, 0.5) is 11.6 Å². The summed E-state index contributed by atoms with van der Waals surface area (Å²) < 4.78 is 1.08. The summed E-state index contributed by atoms with van der Waals surface area (Å²) in [6.07, 6.45) is 8.14. The van der Waals surface area contributed by atoms with Gasteiger partial charge in [0, 0.05) is 28.5 Å². The lowest BCUT2D eigenvalue weighted by atomic mass is 9.72. The largest absolute Gasteiger partial charge is 0.324 e. The lowest BCUT2D eigenvalue weighted by molar-refractivity contribution is 0.231. The number of rotatable bonds is 5. The number of nitrogens with one attached hydrogen (secondary N) is 1. The molecule has 0 amide bonds. The Kier molecular flexibility index (Phi) is 6.04. The van der Waals surface area contributed by atoms with Crippen molar-refractivity contribution in [3.63, 3.8) is 0 Å². The highest BCUT2D eigenvalue weighted by Gasteiger charge is 2.32. The molecule has 32 heavy (non-hydrogen) atoms. The molecule has 4 nitrogen and oxygen atoms in total. The Morgan fingerprint density at radius 3 is 2.59 bits per heavy atom. The van der Waals surface area contributed by atoms with E-state index >= 15 is 0 Å². The van der Waals surface area contributed by atoms with Crippen molar-refractivity contribution >= 4 is 27.6 Å². The molecule has 1 aliphatic carbocycles. The third-order valence-electron chi connectivity index (χ3n) is 6.84. The smallest absolute Gasteiger partial charge is 0.227 e. The first kappa shape index (κ1) is 21.6. The van der Waals surface area contributed by atoms with Gasteiger partial charge in [0.25, 0.3) is 0 Å². The number of hydrogen-bond acceptors (Lipinski definition) is 4. The van der Waals surface area contributed by atoms with Gasteiger partial charge in [-0.1, -0.05) is 54.4 Å². The number of hydrogen-bond donors (Lipinski definition) is 1. The van der Waals surface area contributed by atoms with E-state index in [9.17, 15) is 0 Å². The van der Waals surface area contributed by atoms with E-state index in [0.717, 1.165) is 35.2 Å². The Morgan fingerprint density at radius 2 is 1.81 bits per heavy atom. The molecule has 166 valence electrons. The van der Waals surface area contributed by atoms with Crippen LogP contribution in [-0.2, 0) is 18.3 Å². The van der Waals surface area contributed by atoms with Crippen LogP contribution in [0.25, 0.3) is 11.3 Å². The topological polar surface area (TPSA) is 41.1 Å². The molecule has 5 rings (SSSR count). The van der Waals surface area contributed by atoms with Crippen LogP contribution in [0.5, 0.6) is 0 Å². The van der Waals surface area contributed by atoms with Gasteiger partial charge in [-0.05, 0) is 85.1 Å². The summed E-state index contributed by atoms with van der Waals surface area (Å²) in [5, 5.41) is 3.41. The Balaban J connectivity index is 1.31. The molecule has 2 heterocycles. The average Bonchev–Trinajstić information content (AvgIpc) is 2.79. The minimum Gasteiger partial charge on any atom is -0.324 e. The van der Waals surface area contributed by atoms with Gasteiger partial charge in [-0.2, -0.15) is 0 Å². The summed E-state index contributed by atoms with van der Waals surface area (Å²) in [4.78, 5) is 12.1. The lowest BCUT2D eigenvalue weighted by Crippen LogP contribution is -2.31. The zero-order chi connectivity index (χ0) is 22.1. The van der Waals surface area contributed by atoms with E-state index in [2.05, 4.69) is 87.4 Å². The summed E-state index contributed by atoms with van der Waals surface area (Å²) in [5.41, 5.74) is 7.27. The van der Waals surface area contributed by atoms with Crippen molar-refractivity contribution in [3.05, 3.63) is 69.8 Å². The van der Waals surface area contributed by atoms with E-state index in [0.29, 0.717) is 5.95 Å². The fraction of sp³-hybridized carbons (Fsp3) is 0.407. The lowest BCUT2D eigenvalue weighted by Gasteiger charge is -2.33. The third-order valence-corrected chi connectivity index (χ3v) is 7.33. The number of anilines is 2. The highest BCUT2D eigenvalue weighted by atomic mass is 79.9. The van der Waals surface area contributed by atoms with Crippen LogP contribution >= 0.6 is 15.9 Å². The standard InChI is InChI=1S/C27H31BrN4/c1-27(2)17-20-18-29-26(31-25(20)23-16-21(28)8-11-24(23)27)30-22-9-6-19(7-10-22)12-15-32-13-4-3-5-14-32/h6-11,16,18H,3-5,12-15,17H2,1-2H3,(H,29,30,31). The number of piperidine rings is 1. The van der Waals surface area contributed by atoms with Crippen molar-refractivity contribution in [2.75, 3.05) is 25.0 Å². The molecule has 2 aromatic carbocycles. The molecule has 5 heteroatoms. The van der Waals surface area contributed by atoms with E-state index in [1.807, 2.05) is 6.20 Å². The molecule has 1 aliphatic heterocycles. The van der Waals surface area contributed by atoms with Gasteiger partial charge < -0.3 is 10.2 Å². The maximum Gasteiger partial charge on any atom is 0.227 e. The molecule has 0 saturated carbocycles. The Morgan fingerprint density at radius 1 is 1.03 bits per heavy atom. The fourth-order valence-corrected chi connectivity index (χ4v) is 5.42. The van der Waals surface area contributed by atoms with Gasteiger partial charge >= 0.3 is 0 Å². The predicted octanol–water partition coefficient (Wildman–Crippen LogP) is 6.51. The van der Waals surface area contributed by atoms with Crippen LogP contribution in [0.2, 0.25) is 0 Å². The summed E-state index contributed by atoms with van der Waals surface area (Å²) in [6, 6.07) is 15.3. The summed E-state index contributed by atoms with van der Waals surface area (Å²) >= 11 is 3.63. The van der Waals surface area contributed by atoms with Crippen LogP contribution < -0.4 is 5.32 Å². The molecule has 0 radical (unpaired) electrons. The molecular weight excluding hydrogens is 460 g/mol. The first-order valence-corrected chi connectivity index (χ1v) is 12.5. The molecule has 1 aromatic heterocycles. The number of halogens is 1. The highest BCUT2D eigenvalue weighted by Crippen LogP contribution is 2.43. The number of fused-ring (bicyclic) bond motifs is 3. The zero-order valence-electron chi connectivity index (χ0n) is 19.0. The zero-order valence-corrected chi connectivity index (χ0v) is 20.6. The van der Waals surface area contributed by atoms with Crippen LogP contribution in [0.3, 0.4) is 0 Å². The molecule has 0 spiro atoms. The molecule has 1 saturated heterocycles. The van der Waals surface area contributed by atoms with E-state index in [4.69, 9.17) is 4.98 Å². The fourth-order valence-electron chi connectivity index (χ4n) is 5.06. The minimum atomic E-state index is 0.0748. The molecule has 3 aromatic rings. The number of aromatic nitrogens is 2. The van der Waals surface area contributed by atoms with E-state index in [1.54, 1.807) is 0 Å². The van der Waals surface area contributed by atoms with Crippen molar-refractivity contribution in [3.8, 4) is 11.3 Å². The molecule has 2 aliphatic rings. The molecule has 0 atom stereocenters. The van der Waals surface area contributed by atoms with E-state index in [-0.39, 0.29) is 5.41 Å². The molecule has 1 N–H and O–H groups in total. The Labute approximate surface area is 199 Å². The maximum atomic E-state index is 4.93. The third kappa shape index (κ3) is 4.60. The average molecular weight is 491 g/mol. The monoisotopic (exact) mass is 490 g/mol. The Bertz CT molecular complexity index is 1100. The SMILES string of the molecule is CC1(C)Cc2cnc(Nc3ccc(CCN4CCCCC4)cc3)nc2-c2cc(Br)ccc21. The first-order chi connectivity index (χ1) is 15.5. The van der Waals surface area contributed by atoms with Crippen LogP contribution in [0.15, 0.2) is 53.1 Å². The van der Waals surface area contributed by atoms with Crippen LogP contribution in [-0.4, -0.2) is 34.5 Å². The molecule has 1 fully saturated rings. The summed E-state index contributed by atoms with van der Waals surface area (Å²) in [5.74, 6) is 0.649. The van der Waals surface area contributed by atoms with Crippen molar-refractivity contribution in [1.82, 2.24) is 14.9 Å². The Hall–Kier alpha value is -2.24. The van der Waals surface area contributed by atoms with Crippen molar-refractivity contribution < 1.29 is 0 Å². The van der Waals surface area contributed by atoms with Gasteiger partial charge in [-0.15, -0.1) is 0 Å². The van der Waals surface area contributed by atoms with E-state index < -0.39 is 0 Å². The summed E-state index contributed by atoms with van der Waals surface area (Å²) in [7, 11) is 0. The number of benzene rings is 2. The van der Waals surface area contributed by atoms with Crippen LogP contribution in [0.1, 0.15) is 49.8 Å². The summed E-state index contributed by atoms with van der Waals surface area (Å²) in [6.45, 7) is 8.26. The van der Waals surface area contributed by atoms with Gasteiger partial charge in [0.1, 0.15) is 0 Å². The quantitative estimate of drug-likeness (QED) is 0.442. The first-order valence-electron chi connectivity index (χ1n) is 11.7.